The number of amides is 1. The van der Waals surface area contributed by atoms with E-state index in [1.54, 1.807) is 19.2 Å². The summed E-state index contributed by atoms with van der Waals surface area (Å²) < 4.78 is 1.29. The lowest BCUT2D eigenvalue weighted by atomic mass is 10.1. The summed E-state index contributed by atoms with van der Waals surface area (Å²) in [5, 5.41) is 20.2. The number of nitrogen functional groups attached to an aromatic ring is 2. The molecule has 0 saturated carbocycles. The van der Waals surface area contributed by atoms with Crippen LogP contribution in [0.1, 0.15) is 23.2 Å². The molecule has 2 aromatic rings. The number of hydrogen-bond acceptors (Lipinski definition) is 8. The number of carbonyl (C=O) groups excluding carboxylic acids is 1. The number of carboxylic acids is 2. The zero-order valence-electron chi connectivity index (χ0n) is 16.8. The second kappa shape index (κ2) is 10.1. The number of carbonyl (C=O) groups is 3. The van der Waals surface area contributed by atoms with Gasteiger partial charge in [0, 0.05) is 43.9 Å². The van der Waals surface area contributed by atoms with E-state index in [2.05, 4.69) is 10.3 Å². The van der Waals surface area contributed by atoms with Crippen molar-refractivity contribution in [2.45, 2.75) is 25.4 Å². The third kappa shape index (κ3) is 6.45. The molecule has 1 aromatic carbocycles. The maximum absolute atomic E-state index is 12.3. The van der Waals surface area contributed by atoms with Crippen LogP contribution in [-0.4, -0.2) is 57.2 Å². The number of rotatable bonds is 10. The Hall–Kier alpha value is -4.09. The Kier molecular flexibility index (Phi) is 7.55. The van der Waals surface area contributed by atoms with Gasteiger partial charge < -0.3 is 31.9 Å². The Morgan fingerprint density at radius 3 is 2.39 bits per heavy atom. The number of nitrogens with one attached hydrogen (secondary N) is 1. The Morgan fingerprint density at radius 2 is 1.84 bits per heavy atom. The number of anilines is 3. The van der Waals surface area contributed by atoms with Gasteiger partial charge in [0.05, 0.1) is 0 Å². The summed E-state index contributed by atoms with van der Waals surface area (Å²) in [5.41, 5.74) is 11.8. The van der Waals surface area contributed by atoms with Crippen LogP contribution < -0.4 is 27.2 Å². The molecule has 0 saturated heterocycles. The summed E-state index contributed by atoms with van der Waals surface area (Å²) >= 11 is 0. The third-order valence-corrected chi connectivity index (χ3v) is 4.54. The first-order valence-electron chi connectivity index (χ1n) is 9.28. The van der Waals surface area contributed by atoms with Gasteiger partial charge in [-0.15, -0.1) is 0 Å². The summed E-state index contributed by atoms with van der Waals surface area (Å²) in [6.45, 7) is 0.679. The van der Waals surface area contributed by atoms with Gasteiger partial charge in [-0.2, -0.15) is 4.98 Å². The van der Waals surface area contributed by atoms with Gasteiger partial charge in [-0.3, -0.25) is 19.0 Å². The van der Waals surface area contributed by atoms with Gasteiger partial charge in [0.25, 0.3) is 11.5 Å². The minimum absolute atomic E-state index is 0.0151. The Morgan fingerprint density at radius 1 is 1.19 bits per heavy atom. The smallest absolute Gasteiger partial charge is 0.326 e. The molecule has 1 atom stereocenters. The van der Waals surface area contributed by atoms with Crippen LogP contribution in [0.5, 0.6) is 0 Å². The normalized spacial score (nSPS) is 11.5. The molecule has 1 amide bonds. The number of aromatic nitrogens is 2. The van der Waals surface area contributed by atoms with Crippen molar-refractivity contribution in [1.82, 2.24) is 14.9 Å². The van der Waals surface area contributed by atoms with Crippen molar-refractivity contribution in [3.8, 4) is 0 Å². The van der Waals surface area contributed by atoms with E-state index in [1.807, 2.05) is 4.90 Å². The highest BCUT2D eigenvalue weighted by Crippen LogP contribution is 2.14. The molecule has 0 unspecified atom stereocenters. The van der Waals surface area contributed by atoms with Crippen molar-refractivity contribution >= 4 is 35.3 Å². The number of likely N-dealkylation sites (N-methyl/N-ethyl adjacent to an activating group) is 1. The van der Waals surface area contributed by atoms with Crippen LogP contribution in [-0.2, 0) is 16.1 Å². The maximum atomic E-state index is 12.3. The number of nitrogens with two attached hydrogens (primary N) is 2. The van der Waals surface area contributed by atoms with Crippen molar-refractivity contribution in [3.63, 3.8) is 0 Å². The molecule has 0 aliphatic carbocycles. The van der Waals surface area contributed by atoms with Gasteiger partial charge in [0.1, 0.15) is 11.9 Å². The number of carboxylic acid groups (broad SMARTS) is 2. The van der Waals surface area contributed by atoms with Gasteiger partial charge >= 0.3 is 11.9 Å². The van der Waals surface area contributed by atoms with Gasteiger partial charge in [0.2, 0.25) is 5.95 Å². The summed E-state index contributed by atoms with van der Waals surface area (Å²) in [6, 6.07) is 6.24. The van der Waals surface area contributed by atoms with Crippen LogP contribution in [0.25, 0.3) is 0 Å². The molecule has 0 bridgehead atoms. The molecule has 2 rings (SSSR count). The van der Waals surface area contributed by atoms with Crippen LogP contribution in [0.2, 0.25) is 0 Å². The van der Waals surface area contributed by atoms with Crippen LogP contribution in [0, 0.1) is 0 Å². The molecule has 0 fully saturated rings. The molecule has 1 heterocycles. The average Bonchev–Trinajstić information content (AvgIpc) is 2.69. The summed E-state index contributed by atoms with van der Waals surface area (Å²) in [6.07, 6.45) is -0.599. The molecular weight excluding hydrogens is 408 g/mol. The van der Waals surface area contributed by atoms with Crippen LogP contribution in [0.15, 0.2) is 35.1 Å². The Labute approximate surface area is 177 Å². The first-order valence-corrected chi connectivity index (χ1v) is 9.28. The van der Waals surface area contributed by atoms with Gasteiger partial charge in [-0.1, -0.05) is 0 Å². The van der Waals surface area contributed by atoms with E-state index in [0.717, 1.165) is 5.69 Å². The number of nitrogens with zero attached hydrogens (tertiary/aromatic N) is 3. The molecule has 0 radical (unpaired) electrons. The largest absolute Gasteiger partial charge is 0.481 e. The average molecular weight is 432 g/mol. The lowest BCUT2D eigenvalue weighted by Crippen LogP contribution is -2.41. The second-order valence-electron chi connectivity index (χ2n) is 6.79. The molecule has 12 heteroatoms. The first kappa shape index (κ1) is 23.2. The van der Waals surface area contributed by atoms with Crippen LogP contribution in [0.3, 0.4) is 0 Å². The predicted molar refractivity (Wildman–Crippen MR) is 113 cm³/mol. The molecule has 7 N–H and O–H groups in total. The molecule has 0 aliphatic heterocycles. The van der Waals surface area contributed by atoms with Crippen LogP contribution in [0.4, 0.5) is 17.5 Å². The minimum Gasteiger partial charge on any atom is -0.481 e. The topological polar surface area (TPSA) is 194 Å². The SMILES string of the molecule is CN(CCn1c(N)nc(N)cc1=O)c1ccc(C(=O)N[C@@H](CCC(=O)O)C(=O)O)cc1. The molecule has 166 valence electrons. The molecule has 0 aliphatic rings. The maximum Gasteiger partial charge on any atom is 0.326 e. The standard InChI is InChI=1S/C19H24N6O6/c1-24(8-9-25-15(26)10-14(20)23-19(25)21)12-4-2-11(3-5-12)17(29)22-13(18(30)31)6-7-16(27)28/h2-5,10,13H,6-9,20H2,1H3,(H2,21,23)(H,22,29)(H,27,28)(H,30,31)/t13-/m0/s1. The number of benzene rings is 1. The van der Waals surface area contributed by atoms with Gasteiger partial charge in [-0.25, -0.2) is 4.79 Å². The van der Waals surface area contributed by atoms with Crippen molar-refractivity contribution in [2.24, 2.45) is 0 Å². The lowest BCUT2D eigenvalue weighted by molar-refractivity contribution is -0.140. The highest BCUT2D eigenvalue weighted by Gasteiger charge is 2.21. The van der Waals surface area contributed by atoms with E-state index >= 15 is 0 Å². The summed E-state index contributed by atoms with van der Waals surface area (Å²) in [7, 11) is 1.79. The van der Waals surface area contributed by atoms with Crippen LogP contribution >= 0.6 is 0 Å². The number of aliphatic carboxylic acids is 2. The summed E-state index contributed by atoms with van der Waals surface area (Å²) in [4.78, 5) is 51.8. The number of hydrogen-bond donors (Lipinski definition) is 5. The van der Waals surface area contributed by atoms with Crippen molar-refractivity contribution in [1.29, 1.82) is 0 Å². The van der Waals surface area contributed by atoms with Gasteiger partial charge in [-0.05, 0) is 30.7 Å². The zero-order chi connectivity index (χ0) is 23.1. The highest BCUT2D eigenvalue weighted by molar-refractivity contribution is 5.96. The fraction of sp³-hybridized carbons (Fsp3) is 0.316. The molecule has 31 heavy (non-hydrogen) atoms. The predicted octanol–water partition coefficient (Wildman–Crippen LogP) is -0.408. The van der Waals surface area contributed by atoms with E-state index in [-0.39, 0.29) is 42.3 Å². The highest BCUT2D eigenvalue weighted by atomic mass is 16.4. The fourth-order valence-electron chi connectivity index (χ4n) is 2.78. The fourth-order valence-corrected chi connectivity index (χ4v) is 2.78. The molecule has 1 aromatic heterocycles. The Balaban J connectivity index is 2.00. The first-order chi connectivity index (χ1) is 14.6. The van der Waals surface area contributed by atoms with E-state index in [9.17, 15) is 19.2 Å². The van der Waals surface area contributed by atoms with E-state index < -0.39 is 23.9 Å². The van der Waals surface area contributed by atoms with E-state index in [0.29, 0.717) is 6.54 Å². The molecule has 0 spiro atoms. The quantitative estimate of drug-likeness (QED) is 0.329. The van der Waals surface area contributed by atoms with Crippen molar-refractivity contribution in [3.05, 3.63) is 46.2 Å². The van der Waals surface area contributed by atoms with Gasteiger partial charge in [0.15, 0.2) is 0 Å². The third-order valence-electron chi connectivity index (χ3n) is 4.54. The van der Waals surface area contributed by atoms with E-state index in [1.165, 1.54) is 22.8 Å². The second-order valence-corrected chi connectivity index (χ2v) is 6.79. The minimum atomic E-state index is -1.31. The molecule has 12 nitrogen and oxygen atoms in total. The zero-order valence-corrected chi connectivity index (χ0v) is 16.8. The monoisotopic (exact) mass is 432 g/mol. The summed E-state index contributed by atoms with van der Waals surface area (Å²) in [5.74, 6) is -3.01. The van der Waals surface area contributed by atoms with Crippen molar-refractivity contribution in [2.75, 3.05) is 30.0 Å². The Bertz CT molecular complexity index is 1020. The van der Waals surface area contributed by atoms with Crippen molar-refractivity contribution < 1.29 is 24.6 Å². The lowest BCUT2D eigenvalue weighted by Gasteiger charge is -2.21. The van der Waals surface area contributed by atoms with E-state index in [4.69, 9.17) is 21.7 Å². The molecular formula is C19H24N6O6.